The summed E-state index contributed by atoms with van der Waals surface area (Å²) >= 11 is 0. The number of amides is 1. The molecule has 8 heteroatoms. The second-order valence-electron chi connectivity index (χ2n) is 5.75. The van der Waals surface area contributed by atoms with E-state index >= 15 is 0 Å². The van der Waals surface area contributed by atoms with Crippen LogP contribution in [0.3, 0.4) is 0 Å². The molecule has 2 aromatic rings. The van der Waals surface area contributed by atoms with E-state index in [9.17, 15) is 13.2 Å². The van der Waals surface area contributed by atoms with Gasteiger partial charge in [-0.25, -0.2) is 8.42 Å². The van der Waals surface area contributed by atoms with Gasteiger partial charge in [0.1, 0.15) is 22.8 Å². The molecular formula is C15H18N2O5S. The molecule has 3 rings (SSSR count). The van der Waals surface area contributed by atoms with Crippen molar-refractivity contribution in [3.8, 4) is 0 Å². The van der Waals surface area contributed by atoms with E-state index in [0.29, 0.717) is 35.7 Å². The van der Waals surface area contributed by atoms with Crippen molar-refractivity contribution >= 4 is 15.7 Å². The zero-order valence-electron chi connectivity index (χ0n) is 13.0. The van der Waals surface area contributed by atoms with Crippen molar-refractivity contribution in [2.75, 3.05) is 13.1 Å². The van der Waals surface area contributed by atoms with Gasteiger partial charge in [0.05, 0.1) is 17.2 Å². The number of carbonyl (C=O) groups is 1. The van der Waals surface area contributed by atoms with Gasteiger partial charge in [-0.15, -0.1) is 0 Å². The number of aromatic nitrogens is 1. The van der Waals surface area contributed by atoms with E-state index in [1.165, 1.54) is 6.26 Å². The maximum atomic E-state index is 12.6. The molecule has 1 fully saturated rings. The average molecular weight is 338 g/mol. The standard InChI is InChI=1S/C15H18N2O5S/c1-10-14(11(2)22-16-10)15(18)17-6-5-13(8-17)23(19,20)9-12-4-3-7-21-12/h3-4,7,13H,5-6,8-9H2,1-2H3/t13-/m1/s1. The summed E-state index contributed by atoms with van der Waals surface area (Å²) in [5.41, 5.74) is 0.948. The van der Waals surface area contributed by atoms with Gasteiger partial charge in [0.25, 0.3) is 5.91 Å². The lowest BCUT2D eigenvalue weighted by atomic mass is 10.2. The van der Waals surface area contributed by atoms with E-state index in [1.54, 1.807) is 30.9 Å². The van der Waals surface area contributed by atoms with Crippen molar-refractivity contribution in [3.63, 3.8) is 0 Å². The van der Waals surface area contributed by atoms with Crippen LogP contribution in [0.4, 0.5) is 0 Å². The van der Waals surface area contributed by atoms with Crippen molar-refractivity contribution in [1.82, 2.24) is 10.1 Å². The lowest BCUT2D eigenvalue weighted by Gasteiger charge is -2.16. The van der Waals surface area contributed by atoms with Gasteiger partial charge in [-0.3, -0.25) is 4.79 Å². The third-order valence-corrected chi connectivity index (χ3v) is 6.20. The summed E-state index contributed by atoms with van der Waals surface area (Å²) in [5.74, 6) is 0.504. The van der Waals surface area contributed by atoms with Crippen LogP contribution in [-0.2, 0) is 15.6 Å². The number of sulfone groups is 1. The highest BCUT2D eigenvalue weighted by Crippen LogP contribution is 2.24. The molecule has 0 bridgehead atoms. The van der Waals surface area contributed by atoms with Crippen LogP contribution >= 0.6 is 0 Å². The van der Waals surface area contributed by atoms with E-state index < -0.39 is 15.1 Å². The highest BCUT2D eigenvalue weighted by molar-refractivity contribution is 7.91. The van der Waals surface area contributed by atoms with Crippen molar-refractivity contribution in [1.29, 1.82) is 0 Å². The first-order chi connectivity index (χ1) is 10.9. The lowest BCUT2D eigenvalue weighted by Crippen LogP contribution is -2.32. The third kappa shape index (κ3) is 3.03. The molecule has 0 N–H and O–H groups in total. The first kappa shape index (κ1) is 15.8. The SMILES string of the molecule is Cc1noc(C)c1C(=O)N1CC[C@@H](S(=O)(=O)Cc2ccco2)C1. The molecule has 124 valence electrons. The number of hydrogen-bond donors (Lipinski definition) is 0. The van der Waals surface area contributed by atoms with Crippen LogP contribution in [0, 0.1) is 13.8 Å². The van der Waals surface area contributed by atoms with Crippen molar-refractivity contribution in [3.05, 3.63) is 41.2 Å². The van der Waals surface area contributed by atoms with Crippen LogP contribution in [0.2, 0.25) is 0 Å². The summed E-state index contributed by atoms with van der Waals surface area (Å²) in [4.78, 5) is 14.1. The van der Waals surface area contributed by atoms with Gasteiger partial charge in [0.2, 0.25) is 0 Å². The smallest absolute Gasteiger partial charge is 0.259 e. The zero-order chi connectivity index (χ0) is 16.6. The number of rotatable bonds is 4. The first-order valence-corrected chi connectivity index (χ1v) is 9.06. The molecule has 0 unspecified atom stereocenters. The summed E-state index contributed by atoms with van der Waals surface area (Å²) in [6.07, 6.45) is 1.88. The highest BCUT2D eigenvalue weighted by Gasteiger charge is 2.37. The minimum atomic E-state index is -3.37. The van der Waals surface area contributed by atoms with Gasteiger partial charge >= 0.3 is 0 Å². The second-order valence-corrected chi connectivity index (χ2v) is 8.03. The molecule has 0 saturated carbocycles. The number of aryl methyl sites for hydroxylation is 2. The minimum absolute atomic E-state index is 0.141. The minimum Gasteiger partial charge on any atom is -0.468 e. The molecule has 0 aromatic carbocycles. The van der Waals surface area contributed by atoms with E-state index in [2.05, 4.69) is 5.16 Å². The number of furan rings is 1. The molecule has 1 amide bonds. The van der Waals surface area contributed by atoms with E-state index in [0.717, 1.165) is 0 Å². The highest BCUT2D eigenvalue weighted by atomic mass is 32.2. The summed E-state index contributed by atoms with van der Waals surface area (Å²) in [6, 6.07) is 3.30. The second kappa shape index (κ2) is 5.84. The molecule has 1 saturated heterocycles. The molecule has 7 nitrogen and oxygen atoms in total. The molecule has 0 aliphatic carbocycles. The van der Waals surface area contributed by atoms with Gasteiger partial charge in [-0.05, 0) is 32.4 Å². The van der Waals surface area contributed by atoms with Gasteiger partial charge in [-0.2, -0.15) is 0 Å². The fourth-order valence-corrected chi connectivity index (χ4v) is 4.53. The number of carbonyl (C=O) groups excluding carboxylic acids is 1. The van der Waals surface area contributed by atoms with Crippen LogP contribution in [0.5, 0.6) is 0 Å². The molecule has 1 aliphatic heterocycles. The van der Waals surface area contributed by atoms with Crippen LogP contribution < -0.4 is 0 Å². The Hall–Kier alpha value is -2.09. The fraction of sp³-hybridized carbons (Fsp3) is 0.467. The molecule has 0 spiro atoms. The Balaban J connectivity index is 1.72. The average Bonchev–Trinajstić information content (AvgIpc) is 3.20. The Morgan fingerprint density at radius 2 is 2.22 bits per heavy atom. The topological polar surface area (TPSA) is 93.6 Å². The Labute approximate surface area is 134 Å². The largest absolute Gasteiger partial charge is 0.468 e. The Morgan fingerprint density at radius 3 is 2.83 bits per heavy atom. The van der Waals surface area contributed by atoms with E-state index in [4.69, 9.17) is 8.94 Å². The van der Waals surface area contributed by atoms with Crippen LogP contribution in [-0.4, -0.2) is 42.7 Å². The summed E-state index contributed by atoms with van der Waals surface area (Å²) in [6.45, 7) is 3.97. The van der Waals surface area contributed by atoms with Crippen molar-refractivity contribution < 1.29 is 22.2 Å². The molecule has 1 aliphatic rings. The molecular weight excluding hydrogens is 320 g/mol. The summed E-state index contributed by atoms with van der Waals surface area (Å²) in [5, 5.41) is 3.20. The number of nitrogens with zero attached hydrogens (tertiary/aromatic N) is 2. The van der Waals surface area contributed by atoms with E-state index in [1.807, 2.05) is 0 Å². The zero-order valence-corrected chi connectivity index (χ0v) is 13.8. The molecule has 3 heterocycles. The molecule has 0 radical (unpaired) electrons. The predicted molar refractivity (Wildman–Crippen MR) is 81.6 cm³/mol. The maximum Gasteiger partial charge on any atom is 0.259 e. The Morgan fingerprint density at radius 1 is 1.43 bits per heavy atom. The maximum absolute atomic E-state index is 12.6. The van der Waals surface area contributed by atoms with Gasteiger partial charge in [0.15, 0.2) is 9.84 Å². The van der Waals surface area contributed by atoms with Crippen LogP contribution in [0.1, 0.15) is 34.0 Å². The summed E-state index contributed by atoms with van der Waals surface area (Å²) in [7, 11) is -3.37. The third-order valence-electron chi connectivity index (χ3n) is 4.11. The normalized spacial score (nSPS) is 18.5. The van der Waals surface area contributed by atoms with Crippen molar-refractivity contribution in [2.24, 2.45) is 0 Å². The van der Waals surface area contributed by atoms with Crippen molar-refractivity contribution in [2.45, 2.75) is 31.3 Å². The molecule has 1 atom stereocenters. The number of hydrogen-bond acceptors (Lipinski definition) is 6. The van der Waals surface area contributed by atoms with Gasteiger partial charge in [-0.1, -0.05) is 5.16 Å². The van der Waals surface area contributed by atoms with Crippen LogP contribution in [0.15, 0.2) is 27.3 Å². The molecule has 2 aromatic heterocycles. The van der Waals surface area contributed by atoms with Gasteiger partial charge in [0, 0.05) is 13.1 Å². The predicted octanol–water partition coefficient (Wildman–Crippen LogP) is 1.71. The van der Waals surface area contributed by atoms with Crippen LogP contribution in [0.25, 0.3) is 0 Å². The lowest BCUT2D eigenvalue weighted by molar-refractivity contribution is 0.0791. The quantitative estimate of drug-likeness (QED) is 0.842. The first-order valence-electron chi connectivity index (χ1n) is 7.34. The monoisotopic (exact) mass is 338 g/mol. The summed E-state index contributed by atoms with van der Waals surface area (Å²) < 4.78 is 35.0. The van der Waals surface area contributed by atoms with Gasteiger partial charge < -0.3 is 13.8 Å². The Bertz CT molecular complexity index is 788. The molecule has 23 heavy (non-hydrogen) atoms. The van der Waals surface area contributed by atoms with E-state index in [-0.39, 0.29) is 18.2 Å². The fourth-order valence-electron chi connectivity index (χ4n) is 2.86. The Kier molecular flexibility index (Phi) is 4.01. The number of likely N-dealkylation sites (tertiary alicyclic amines) is 1.